The molecule has 1 aromatic heterocycles. The summed E-state index contributed by atoms with van der Waals surface area (Å²) < 4.78 is 1.74. The van der Waals surface area contributed by atoms with E-state index in [0.29, 0.717) is 23.1 Å². The normalized spacial score (nSPS) is 18.1. The monoisotopic (exact) mass is 469 g/mol. The number of thioether (sulfide) groups is 1. The fraction of sp³-hybridized carbons (Fsp3) is 0.389. The van der Waals surface area contributed by atoms with Crippen molar-refractivity contribution in [3.8, 4) is 0 Å². The maximum atomic E-state index is 12.3. The molecule has 1 amide bonds. The first-order chi connectivity index (χ1) is 12.9. The van der Waals surface area contributed by atoms with Crippen LogP contribution >= 0.6 is 39.0 Å². The zero-order valence-corrected chi connectivity index (χ0v) is 17.9. The molecule has 2 heterocycles. The van der Waals surface area contributed by atoms with Crippen molar-refractivity contribution in [3.05, 3.63) is 44.9 Å². The lowest BCUT2D eigenvalue weighted by molar-refractivity contribution is -0.128. The summed E-state index contributed by atoms with van der Waals surface area (Å²) in [6.07, 6.45) is 1.26. The fourth-order valence-electron chi connectivity index (χ4n) is 3.17. The Labute approximate surface area is 174 Å². The van der Waals surface area contributed by atoms with Gasteiger partial charge in [-0.2, -0.15) is 0 Å². The number of likely N-dealkylation sites (tertiary alicyclic amines) is 1. The molecule has 1 fully saturated rings. The molecule has 0 bridgehead atoms. The number of carboxylic acids is 1. The number of hydrogen-bond donors (Lipinski definition) is 2. The number of aryl methyl sites for hydroxylation is 1. The van der Waals surface area contributed by atoms with Crippen molar-refractivity contribution in [2.24, 2.45) is 5.73 Å². The molecule has 9 heteroatoms. The number of nitrogens with two attached hydrogens (primary N) is 1. The van der Waals surface area contributed by atoms with Crippen LogP contribution in [0.1, 0.15) is 40.5 Å². The largest absolute Gasteiger partial charge is 0.476 e. The molecule has 1 unspecified atom stereocenters. The van der Waals surface area contributed by atoms with E-state index in [4.69, 9.17) is 10.8 Å². The molecule has 144 valence electrons. The molecular weight excluding hydrogens is 450 g/mol. The number of carbonyl (C=O) groups is 2. The minimum absolute atomic E-state index is 0.0236. The van der Waals surface area contributed by atoms with Gasteiger partial charge in [0.25, 0.3) is 0 Å². The SMILES string of the molecule is Cc1cc(C(N)[C@H]2CCC(=O)N2CCSc2nc(C(=O)O)cs2)ccc1Br. The van der Waals surface area contributed by atoms with Crippen molar-refractivity contribution < 1.29 is 14.7 Å². The summed E-state index contributed by atoms with van der Waals surface area (Å²) in [5.74, 6) is -0.250. The number of aromatic nitrogens is 1. The molecule has 2 atom stereocenters. The van der Waals surface area contributed by atoms with Crippen LogP contribution in [0.4, 0.5) is 0 Å². The Morgan fingerprint density at radius 1 is 1.56 bits per heavy atom. The van der Waals surface area contributed by atoms with Gasteiger partial charge in [0.15, 0.2) is 10.0 Å². The third-order valence-electron chi connectivity index (χ3n) is 4.62. The number of carboxylic acid groups (broad SMARTS) is 1. The Hall–Kier alpha value is -1.42. The average Bonchev–Trinajstić information content (AvgIpc) is 3.24. The number of thiazole rings is 1. The van der Waals surface area contributed by atoms with E-state index in [1.165, 1.54) is 28.5 Å². The fourth-order valence-corrected chi connectivity index (χ4v) is 5.23. The number of halogens is 1. The Bertz CT molecular complexity index is 858. The second-order valence-electron chi connectivity index (χ2n) is 6.38. The highest BCUT2D eigenvalue weighted by atomic mass is 79.9. The maximum absolute atomic E-state index is 12.3. The molecule has 1 aliphatic heterocycles. The molecule has 3 N–H and O–H groups in total. The van der Waals surface area contributed by atoms with Crippen LogP contribution in [0.2, 0.25) is 0 Å². The van der Waals surface area contributed by atoms with Crippen LogP contribution in [-0.2, 0) is 4.79 Å². The lowest BCUT2D eigenvalue weighted by Crippen LogP contribution is -2.41. The predicted octanol–water partition coefficient (Wildman–Crippen LogP) is 3.70. The summed E-state index contributed by atoms with van der Waals surface area (Å²) in [5, 5.41) is 10.5. The van der Waals surface area contributed by atoms with Crippen LogP contribution in [0.25, 0.3) is 0 Å². The molecule has 27 heavy (non-hydrogen) atoms. The highest BCUT2D eigenvalue weighted by Gasteiger charge is 2.35. The Morgan fingerprint density at radius 3 is 3.00 bits per heavy atom. The van der Waals surface area contributed by atoms with E-state index in [-0.39, 0.29) is 23.7 Å². The first-order valence-corrected chi connectivity index (χ1v) is 11.2. The van der Waals surface area contributed by atoms with Gasteiger partial charge in [0.2, 0.25) is 5.91 Å². The molecule has 0 spiro atoms. The molecule has 3 rings (SSSR count). The van der Waals surface area contributed by atoms with E-state index in [2.05, 4.69) is 27.0 Å². The summed E-state index contributed by atoms with van der Waals surface area (Å²) in [7, 11) is 0. The van der Waals surface area contributed by atoms with E-state index in [0.717, 1.165) is 22.0 Å². The zero-order valence-electron chi connectivity index (χ0n) is 14.7. The first-order valence-electron chi connectivity index (χ1n) is 8.49. The molecule has 0 radical (unpaired) electrons. The molecule has 2 aromatic rings. The number of benzene rings is 1. The van der Waals surface area contributed by atoms with Gasteiger partial charge < -0.3 is 15.7 Å². The van der Waals surface area contributed by atoms with Crippen LogP contribution in [0.3, 0.4) is 0 Å². The molecule has 1 saturated heterocycles. The number of aromatic carboxylic acids is 1. The third kappa shape index (κ3) is 4.71. The van der Waals surface area contributed by atoms with Crippen LogP contribution < -0.4 is 5.73 Å². The van der Waals surface area contributed by atoms with Crippen molar-refractivity contribution in [2.75, 3.05) is 12.3 Å². The van der Waals surface area contributed by atoms with Gasteiger partial charge in [-0.25, -0.2) is 9.78 Å². The van der Waals surface area contributed by atoms with Gasteiger partial charge in [-0.15, -0.1) is 11.3 Å². The number of rotatable bonds is 7. The number of nitrogens with zero attached hydrogens (tertiary/aromatic N) is 2. The van der Waals surface area contributed by atoms with Crippen molar-refractivity contribution in [1.29, 1.82) is 0 Å². The van der Waals surface area contributed by atoms with Gasteiger partial charge in [0.1, 0.15) is 0 Å². The van der Waals surface area contributed by atoms with Crippen molar-refractivity contribution in [1.82, 2.24) is 9.88 Å². The van der Waals surface area contributed by atoms with Gasteiger partial charge in [-0.1, -0.05) is 39.8 Å². The molecule has 1 aromatic carbocycles. The summed E-state index contributed by atoms with van der Waals surface area (Å²) in [6, 6.07) is 5.80. The highest BCUT2D eigenvalue weighted by molar-refractivity contribution is 9.10. The summed E-state index contributed by atoms with van der Waals surface area (Å²) in [4.78, 5) is 29.2. The van der Waals surface area contributed by atoms with E-state index in [1.54, 1.807) is 0 Å². The lowest BCUT2D eigenvalue weighted by atomic mass is 9.97. The lowest BCUT2D eigenvalue weighted by Gasteiger charge is -2.30. The molecular formula is C18H20BrN3O3S2. The highest BCUT2D eigenvalue weighted by Crippen LogP contribution is 2.31. The van der Waals surface area contributed by atoms with Crippen molar-refractivity contribution in [3.63, 3.8) is 0 Å². The van der Waals surface area contributed by atoms with E-state index >= 15 is 0 Å². The smallest absolute Gasteiger partial charge is 0.355 e. The van der Waals surface area contributed by atoms with Crippen LogP contribution in [-0.4, -0.2) is 45.2 Å². The van der Waals surface area contributed by atoms with Crippen LogP contribution in [0, 0.1) is 6.92 Å². The number of carbonyl (C=O) groups excluding carboxylic acids is 1. The van der Waals surface area contributed by atoms with Crippen LogP contribution in [0.5, 0.6) is 0 Å². The molecule has 6 nitrogen and oxygen atoms in total. The molecule has 0 aliphatic carbocycles. The Kier molecular flexibility index (Phi) is 6.56. The van der Waals surface area contributed by atoms with E-state index in [1.807, 2.05) is 24.0 Å². The third-order valence-corrected chi connectivity index (χ3v) is 7.51. The average molecular weight is 470 g/mol. The number of hydrogen-bond acceptors (Lipinski definition) is 6. The standard InChI is InChI=1S/C18H20BrN3O3S2/c1-10-8-11(2-3-12(10)19)16(20)14-4-5-15(23)22(14)6-7-26-18-21-13(9-27-18)17(24)25/h2-3,8-9,14,16H,4-7,20H2,1H3,(H,24,25)/t14-,16?/m1/s1. The number of amides is 1. The molecule has 1 aliphatic rings. The van der Waals surface area contributed by atoms with Gasteiger partial charge in [-0.3, -0.25) is 4.79 Å². The zero-order chi connectivity index (χ0) is 19.6. The first kappa shape index (κ1) is 20.3. The van der Waals surface area contributed by atoms with Gasteiger partial charge >= 0.3 is 5.97 Å². The predicted molar refractivity (Wildman–Crippen MR) is 110 cm³/mol. The minimum atomic E-state index is -1.02. The maximum Gasteiger partial charge on any atom is 0.355 e. The Balaban J connectivity index is 1.63. The summed E-state index contributed by atoms with van der Waals surface area (Å²) in [5.41, 5.74) is 8.71. The molecule has 0 saturated carbocycles. The second-order valence-corrected chi connectivity index (χ2v) is 9.43. The summed E-state index contributed by atoms with van der Waals surface area (Å²) in [6.45, 7) is 2.59. The van der Waals surface area contributed by atoms with E-state index < -0.39 is 5.97 Å². The van der Waals surface area contributed by atoms with Crippen molar-refractivity contribution >= 4 is 50.9 Å². The Morgan fingerprint density at radius 2 is 2.33 bits per heavy atom. The second kappa shape index (κ2) is 8.72. The van der Waals surface area contributed by atoms with Gasteiger partial charge in [0, 0.05) is 28.6 Å². The van der Waals surface area contributed by atoms with Crippen LogP contribution in [0.15, 0.2) is 32.4 Å². The van der Waals surface area contributed by atoms with Gasteiger partial charge in [0.05, 0.1) is 12.1 Å². The van der Waals surface area contributed by atoms with Gasteiger partial charge in [-0.05, 0) is 30.5 Å². The summed E-state index contributed by atoms with van der Waals surface area (Å²) >= 11 is 6.27. The quantitative estimate of drug-likeness (QED) is 0.600. The van der Waals surface area contributed by atoms with E-state index in [9.17, 15) is 9.59 Å². The van der Waals surface area contributed by atoms with Crippen molar-refractivity contribution in [2.45, 2.75) is 36.2 Å². The topological polar surface area (TPSA) is 96.5 Å². The minimum Gasteiger partial charge on any atom is -0.476 e.